The Morgan fingerprint density at radius 1 is 1.48 bits per heavy atom. The molecule has 0 spiro atoms. The first-order valence-corrected chi connectivity index (χ1v) is 8.88. The quantitative estimate of drug-likeness (QED) is 0.825. The van der Waals surface area contributed by atoms with E-state index in [-0.39, 0.29) is 23.3 Å². The number of nitrogens with zero attached hydrogens (tertiary/aromatic N) is 1. The third-order valence-electron chi connectivity index (χ3n) is 3.40. The zero-order valence-corrected chi connectivity index (χ0v) is 15.0. The van der Waals surface area contributed by atoms with Gasteiger partial charge < -0.3 is 10.5 Å². The summed E-state index contributed by atoms with van der Waals surface area (Å²) in [6.45, 7) is 3.31. The van der Waals surface area contributed by atoms with Crippen LogP contribution < -0.4 is 10.5 Å². The molecule has 1 aromatic rings. The van der Waals surface area contributed by atoms with Gasteiger partial charge in [-0.1, -0.05) is 0 Å². The Hall–Kier alpha value is -0.340. The van der Waals surface area contributed by atoms with Crippen molar-refractivity contribution in [3.8, 4) is 5.75 Å². The van der Waals surface area contributed by atoms with Crippen LogP contribution in [0.2, 0.25) is 0 Å². The highest BCUT2D eigenvalue weighted by Crippen LogP contribution is 2.31. The maximum Gasteiger partial charge on any atom is 0.243 e. The molecule has 0 aliphatic carbocycles. The third kappa shape index (κ3) is 3.90. The van der Waals surface area contributed by atoms with Crippen molar-refractivity contribution in [2.75, 3.05) is 19.7 Å². The molecule has 1 aromatic carbocycles. The predicted molar refractivity (Wildman–Crippen MR) is 88.5 cm³/mol. The number of nitrogens with two attached hydrogens (primary N) is 1. The number of ether oxygens (including phenoxy) is 1. The molecule has 120 valence electrons. The van der Waals surface area contributed by atoms with Gasteiger partial charge >= 0.3 is 0 Å². The molecule has 0 aromatic heterocycles. The van der Waals surface area contributed by atoms with Crippen LogP contribution in [0.25, 0.3) is 0 Å². The van der Waals surface area contributed by atoms with E-state index in [4.69, 9.17) is 10.5 Å². The van der Waals surface area contributed by atoms with Gasteiger partial charge in [-0.05, 0) is 53.9 Å². The van der Waals surface area contributed by atoms with Crippen LogP contribution in [-0.2, 0) is 10.0 Å². The zero-order valence-electron chi connectivity index (χ0n) is 11.8. The van der Waals surface area contributed by atoms with Gasteiger partial charge in [-0.25, -0.2) is 8.42 Å². The van der Waals surface area contributed by atoms with Gasteiger partial charge in [0, 0.05) is 19.1 Å². The molecule has 1 fully saturated rings. The molecule has 1 aliphatic rings. The van der Waals surface area contributed by atoms with Crippen molar-refractivity contribution >= 4 is 38.4 Å². The van der Waals surface area contributed by atoms with E-state index >= 15 is 0 Å². The van der Waals surface area contributed by atoms with Crippen molar-refractivity contribution in [2.24, 2.45) is 5.73 Å². The van der Waals surface area contributed by atoms with Crippen LogP contribution in [0.3, 0.4) is 0 Å². The topological polar surface area (TPSA) is 72.6 Å². The highest BCUT2D eigenvalue weighted by molar-refractivity contribution is 9.10. The third-order valence-corrected chi connectivity index (χ3v) is 5.97. The van der Waals surface area contributed by atoms with E-state index in [9.17, 15) is 8.42 Å². The molecule has 1 aliphatic heterocycles. The fourth-order valence-electron chi connectivity index (χ4n) is 2.41. The number of rotatable bonds is 5. The maximum absolute atomic E-state index is 12.6. The van der Waals surface area contributed by atoms with Crippen molar-refractivity contribution in [1.82, 2.24) is 4.31 Å². The lowest BCUT2D eigenvalue weighted by molar-refractivity contribution is 0.337. The normalized spacial score (nSPS) is 19.3. The SMILES string of the molecule is CCOc1ccc(S(=O)(=O)N2CCCC2CN)cc1Br.Cl. The first kappa shape index (κ1) is 18.7. The molecule has 1 unspecified atom stereocenters. The van der Waals surface area contributed by atoms with Crippen LogP contribution in [-0.4, -0.2) is 38.5 Å². The van der Waals surface area contributed by atoms with Crippen molar-refractivity contribution in [3.05, 3.63) is 22.7 Å². The van der Waals surface area contributed by atoms with E-state index in [1.807, 2.05) is 6.92 Å². The van der Waals surface area contributed by atoms with E-state index in [0.717, 1.165) is 12.8 Å². The van der Waals surface area contributed by atoms with Crippen LogP contribution in [0.15, 0.2) is 27.6 Å². The number of sulfonamides is 1. The molecule has 1 saturated heterocycles. The molecule has 1 atom stereocenters. The average molecular weight is 400 g/mol. The van der Waals surface area contributed by atoms with Gasteiger partial charge in [-0.2, -0.15) is 4.31 Å². The summed E-state index contributed by atoms with van der Waals surface area (Å²) in [5.41, 5.74) is 5.66. The van der Waals surface area contributed by atoms with Gasteiger partial charge in [0.15, 0.2) is 0 Å². The monoisotopic (exact) mass is 398 g/mol. The van der Waals surface area contributed by atoms with Gasteiger partial charge in [-0.15, -0.1) is 12.4 Å². The largest absolute Gasteiger partial charge is 0.493 e. The summed E-state index contributed by atoms with van der Waals surface area (Å²) in [5.74, 6) is 0.642. The Labute approximate surface area is 140 Å². The minimum atomic E-state index is -3.49. The smallest absolute Gasteiger partial charge is 0.243 e. The minimum Gasteiger partial charge on any atom is -0.493 e. The molecular weight excluding hydrogens is 380 g/mol. The Morgan fingerprint density at radius 3 is 2.76 bits per heavy atom. The van der Waals surface area contributed by atoms with Crippen molar-refractivity contribution in [1.29, 1.82) is 0 Å². The lowest BCUT2D eigenvalue weighted by Gasteiger charge is -2.23. The van der Waals surface area contributed by atoms with Crippen molar-refractivity contribution in [3.63, 3.8) is 0 Å². The Bertz CT molecular complexity index is 583. The molecule has 2 N–H and O–H groups in total. The lowest BCUT2D eigenvalue weighted by atomic mass is 10.2. The van der Waals surface area contributed by atoms with Crippen molar-refractivity contribution in [2.45, 2.75) is 30.7 Å². The predicted octanol–water partition coefficient (Wildman–Crippen LogP) is 2.38. The fourth-order valence-corrected chi connectivity index (χ4v) is 4.79. The Kier molecular flexibility index (Phi) is 6.93. The summed E-state index contributed by atoms with van der Waals surface area (Å²) in [4.78, 5) is 0.271. The molecule has 1 heterocycles. The number of halogens is 2. The van der Waals surface area contributed by atoms with Gasteiger partial charge in [0.05, 0.1) is 16.0 Å². The van der Waals surface area contributed by atoms with Gasteiger partial charge in [0.25, 0.3) is 0 Å². The van der Waals surface area contributed by atoms with E-state index in [1.165, 1.54) is 4.31 Å². The summed E-state index contributed by atoms with van der Waals surface area (Å²) >= 11 is 3.35. The second-order valence-corrected chi connectivity index (χ2v) is 7.42. The maximum atomic E-state index is 12.6. The van der Waals surface area contributed by atoms with Crippen LogP contribution >= 0.6 is 28.3 Å². The molecule has 0 amide bonds. The molecule has 5 nitrogen and oxygen atoms in total. The molecule has 0 radical (unpaired) electrons. The summed E-state index contributed by atoms with van der Waals surface area (Å²) in [6.07, 6.45) is 1.69. The summed E-state index contributed by atoms with van der Waals surface area (Å²) in [5, 5.41) is 0. The number of hydrogen-bond donors (Lipinski definition) is 1. The Balaban J connectivity index is 0.00000220. The van der Waals surface area contributed by atoms with Crippen LogP contribution in [0.1, 0.15) is 19.8 Å². The highest BCUT2D eigenvalue weighted by atomic mass is 79.9. The molecular formula is C13H20BrClN2O3S. The van der Waals surface area contributed by atoms with Crippen molar-refractivity contribution < 1.29 is 13.2 Å². The number of benzene rings is 1. The second kappa shape index (κ2) is 7.78. The van der Waals surface area contributed by atoms with E-state index < -0.39 is 10.0 Å². The van der Waals surface area contributed by atoms with Gasteiger partial charge in [0.1, 0.15) is 5.75 Å². The standard InChI is InChI=1S/C13H19BrN2O3S.ClH/c1-2-19-13-6-5-11(8-12(13)14)20(17,18)16-7-3-4-10(16)9-15;/h5-6,8,10H,2-4,7,9,15H2,1H3;1H. The van der Waals surface area contributed by atoms with E-state index in [1.54, 1.807) is 18.2 Å². The molecule has 21 heavy (non-hydrogen) atoms. The van der Waals surface area contributed by atoms with Gasteiger partial charge in [-0.3, -0.25) is 0 Å². The lowest BCUT2D eigenvalue weighted by Crippen LogP contribution is -2.39. The summed E-state index contributed by atoms with van der Waals surface area (Å²) in [6, 6.07) is 4.75. The molecule has 0 bridgehead atoms. The Morgan fingerprint density at radius 2 is 2.19 bits per heavy atom. The highest BCUT2D eigenvalue weighted by Gasteiger charge is 2.34. The molecule has 2 rings (SSSR count). The van der Waals surface area contributed by atoms with Crippen LogP contribution in [0, 0.1) is 0 Å². The minimum absolute atomic E-state index is 0. The van der Waals surface area contributed by atoms with Crippen LogP contribution in [0.5, 0.6) is 5.75 Å². The first-order valence-electron chi connectivity index (χ1n) is 6.65. The summed E-state index contributed by atoms with van der Waals surface area (Å²) in [7, 11) is -3.49. The average Bonchev–Trinajstić information content (AvgIpc) is 2.90. The fraction of sp³-hybridized carbons (Fsp3) is 0.538. The van der Waals surface area contributed by atoms with E-state index in [0.29, 0.717) is 29.9 Å². The summed E-state index contributed by atoms with van der Waals surface area (Å²) < 4.78 is 32.8. The van der Waals surface area contributed by atoms with E-state index in [2.05, 4.69) is 15.9 Å². The molecule has 8 heteroatoms. The van der Waals surface area contributed by atoms with Crippen LogP contribution in [0.4, 0.5) is 0 Å². The number of hydrogen-bond acceptors (Lipinski definition) is 4. The van der Waals surface area contributed by atoms with Gasteiger partial charge in [0.2, 0.25) is 10.0 Å². The molecule has 0 saturated carbocycles. The second-order valence-electron chi connectivity index (χ2n) is 4.67. The zero-order chi connectivity index (χ0) is 14.8. The first-order chi connectivity index (χ1) is 9.50.